The third kappa shape index (κ3) is 4.18. The molecule has 1 aromatic heterocycles. The molecule has 0 aliphatic carbocycles. The van der Waals surface area contributed by atoms with E-state index in [4.69, 9.17) is 4.52 Å². The molecule has 0 unspecified atom stereocenters. The monoisotopic (exact) mass is 370 g/mol. The Bertz CT molecular complexity index is 813. The van der Waals surface area contributed by atoms with Gasteiger partial charge < -0.3 is 14.3 Å². The van der Waals surface area contributed by atoms with Crippen LogP contribution in [0.1, 0.15) is 50.4 Å². The van der Waals surface area contributed by atoms with Gasteiger partial charge in [0.15, 0.2) is 5.82 Å². The fourth-order valence-corrected chi connectivity index (χ4v) is 3.33. The number of benzene rings is 1. The van der Waals surface area contributed by atoms with Gasteiger partial charge >= 0.3 is 0 Å². The second-order valence-electron chi connectivity index (χ2n) is 7.24. The van der Waals surface area contributed by atoms with Gasteiger partial charge in [-0.15, -0.1) is 0 Å². The molecule has 2 amide bonds. The molecule has 0 radical (unpaired) electrons. The second-order valence-corrected chi connectivity index (χ2v) is 7.24. The average molecular weight is 370 g/mol. The van der Waals surface area contributed by atoms with E-state index >= 15 is 0 Å². The first-order chi connectivity index (χ1) is 12.9. The number of anilines is 1. The first kappa shape index (κ1) is 19.1. The van der Waals surface area contributed by atoms with Crippen LogP contribution in [0.25, 0.3) is 0 Å². The van der Waals surface area contributed by atoms with Crippen LogP contribution in [0.2, 0.25) is 0 Å². The van der Waals surface area contributed by atoms with Crippen LogP contribution < -0.4 is 4.90 Å². The SMILES string of the molecule is CCN(Cc1nc(C)no1)C(=O)[C@H]1CC(=O)N(c2ccc(C(C)C)cc2)C1. The van der Waals surface area contributed by atoms with Gasteiger partial charge in [0.05, 0.1) is 12.5 Å². The zero-order valence-electron chi connectivity index (χ0n) is 16.3. The molecule has 3 rings (SSSR count). The van der Waals surface area contributed by atoms with Crippen molar-refractivity contribution in [2.75, 3.05) is 18.0 Å². The van der Waals surface area contributed by atoms with Crippen molar-refractivity contribution in [1.29, 1.82) is 0 Å². The Morgan fingerprint density at radius 1 is 1.33 bits per heavy atom. The van der Waals surface area contributed by atoms with Gasteiger partial charge in [0, 0.05) is 25.2 Å². The molecular weight excluding hydrogens is 344 g/mol. The molecule has 7 nitrogen and oxygen atoms in total. The van der Waals surface area contributed by atoms with E-state index in [1.165, 1.54) is 5.56 Å². The summed E-state index contributed by atoms with van der Waals surface area (Å²) in [7, 11) is 0. The van der Waals surface area contributed by atoms with Crippen LogP contribution in [-0.4, -0.2) is 39.9 Å². The molecule has 144 valence electrons. The molecule has 0 bridgehead atoms. The molecule has 0 N–H and O–H groups in total. The molecule has 27 heavy (non-hydrogen) atoms. The summed E-state index contributed by atoms with van der Waals surface area (Å²) in [6.07, 6.45) is 0.226. The highest BCUT2D eigenvalue weighted by molar-refractivity contribution is 6.00. The van der Waals surface area contributed by atoms with E-state index in [9.17, 15) is 9.59 Å². The van der Waals surface area contributed by atoms with E-state index in [0.29, 0.717) is 30.7 Å². The zero-order chi connectivity index (χ0) is 19.6. The molecule has 0 spiro atoms. The molecule has 2 aromatic rings. The van der Waals surface area contributed by atoms with Crippen LogP contribution in [0.4, 0.5) is 5.69 Å². The third-order valence-electron chi connectivity index (χ3n) is 4.93. The minimum atomic E-state index is -0.355. The van der Waals surface area contributed by atoms with Crippen molar-refractivity contribution >= 4 is 17.5 Å². The third-order valence-corrected chi connectivity index (χ3v) is 4.93. The summed E-state index contributed by atoms with van der Waals surface area (Å²) in [4.78, 5) is 32.9. The quantitative estimate of drug-likeness (QED) is 0.781. The summed E-state index contributed by atoms with van der Waals surface area (Å²) < 4.78 is 5.12. The number of rotatable bonds is 6. The van der Waals surface area contributed by atoms with Gasteiger partial charge in [-0.25, -0.2) is 0 Å². The molecule has 1 atom stereocenters. The number of carbonyl (C=O) groups is 2. The number of amides is 2. The molecule has 1 fully saturated rings. The molecule has 1 aliphatic heterocycles. The predicted octanol–water partition coefficient (Wildman–Crippen LogP) is 2.90. The lowest BCUT2D eigenvalue weighted by Crippen LogP contribution is -2.37. The Hall–Kier alpha value is -2.70. The van der Waals surface area contributed by atoms with Gasteiger partial charge in [0.2, 0.25) is 17.7 Å². The fourth-order valence-electron chi connectivity index (χ4n) is 3.33. The van der Waals surface area contributed by atoms with E-state index in [-0.39, 0.29) is 30.7 Å². The van der Waals surface area contributed by atoms with Crippen LogP contribution in [0.15, 0.2) is 28.8 Å². The highest BCUT2D eigenvalue weighted by Crippen LogP contribution is 2.28. The van der Waals surface area contributed by atoms with Crippen molar-refractivity contribution in [2.24, 2.45) is 5.92 Å². The summed E-state index contributed by atoms with van der Waals surface area (Å²) in [5.74, 6) is 0.965. The van der Waals surface area contributed by atoms with E-state index in [2.05, 4.69) is 24.0 Å². The molecular formula is C20H26N4O3. The normalized spacial score (nSPS) is 17.0. The maximum atomic E-state index is 12.9. The lowest BCUT2D eigenvalue weighted by atomic mass is 10.0. The number of aromatic nitrogens is 2. The molecule has 1 saturated heterocycles. The summed E-state index contributed by atoms with van der Waals surface area (Å²) in [6.45, 7) is 9.10. The number of hydrogen-bond donors (Lipinski definition) is 0. The summed E-state index contributed by atoms with van der Waals surface area (Å²) in [6, 6.07) is 8.00. The van der Waals surface area contributed by atoms with Gasteiger partial charge in [-0.1, -0.05) is 31.1 Å². The standard InChI is InChI=1S/C20H26N4O3/c1-5-23(12-18-21-14(4)22-27-18)20(26)16-10-19(25)24(11-16)17-8-6-15(7-9-17)13(2)3/h6-9,13,16H,5,10-12H2,1-4H3/t16-/m0/s1. The van der Waals surface area contributed by atoms with Crippen molar-refractivity contribution in [2.45, 2.75) is 46.6 Å². The van der Waals surface area contributed by atoms with Crippen LogP contribution in [-0.2, 0) is 16.1 Å². The Morgan fingerprint density at radius 3 is 2.59 bits per heavy atom. The topological polar surface area (TPSA) is 79.5 Å². The molecule has 1 aromatic carbocycles. The minimum absolute atomic E-state index is 0.0182. The van der Waals surface area contributed by atoms with Gasteiger partial charge in [0.25, 0.3) is 0 Å². The summed E-state index contributed by atoms with van der Waals surface area (Å²) in [5.41, 5.74) is 2.07. The molecule has 2 heterocycles. The van der Waals surface area contributed by atoms with Crippen LogP contribution in [0.3, 0.4) is 0 Å². The average Bonchev–Trinajstić information content (AvgIpc) is 3.24. The van der Waals surface area contributed by atoms with Gasteiger partial charge in [0.1, 0.15) is 0 Å². The Balaban J connectivity index is 1.68. The molecule has 1 aliphatic rings. The highest BCUT2D eigenvalue weighted by atomic mass is 16.5. The van der Waals surface area contributed by atoms with Crippen LogP contribution in [0.5, 0.6) is 0 Å². The predicted molar refractivity (Wildman–Crippen MR) is 101 cm³/mol. The van der Waals surface area contributed by atoms with Gasteiger partial charge in [-0.3, -0.25) is 9.59 Å². The smallest absolute Gasteiger partial charge is 0.246 e. The van der Waals surface area contributed by atoms with Gasteiger partial charge in [-0.05, 0) is 37.5 Å². The maximum Gasteiger partial charge on any atom is 0.246 e. The van der Waals surface area contributed by atoms with Crippen LogP contribution in [0, 0.1) is 12.8 Å². The Morgan fingerprint density at radius 2 is 2.04 bits per heavy atom. The van der Waals surface area contributed by atoms with E-state index in [1.54, 1.807) is 16.7 Å². The molecule has 7 heteroatoms. The van der Waals surface area contributed by atoms with Crippen molar-refractivity contribution < 1.29 is 14.1 Å². The summed E-state index contributed by atoms with van der Waals surface area (Å²) >= 11 is 0. The zero-order valence-corrected chi connectivity index (χ0v) is 16.3. The van der Waals surface area contributed by atoms with Crippen LogP contribution >= 0.6 is 0 Å². The number of aryl methyl sites for hydroxylation is 1. The lowest BCUT2D eigenvalue weighted by molar-refractivity contribution is -0.136. The van der Waals surface area contributed by atoms with Gasteiger partial charge in [-0.2, -0.15) is 4.98 Å². The van der Waals surface area contributed by atoms with Crippen molar-refractivity contribution in [3.05, 3.63) is 41.5 Å². The Labute approximate surface area is 159 Å². The number of hydrogen-bond acceptors (Lipinski definition) is 5. The molecule has 0 saturated carbocycles. The lowest BCUT2D eigenvalue weighted by Gasteiger charge is -2.23. The van der Waals surface area contributed by atoms with E-state index in [1.807, 2.05) is 31.2 Å². The van der Waals surface area contributed by atoms with Crippen molar-refractivity contribution in [3.63, 3.8) is 0 Å². The minimum Gasteiger partial charge on any atom is -0.337 e. The first-order valence-electron chi connectivity index (χ1n) is 9.37. The maximum absolute atomic E-state index is 12.9. The second kappa shape index (κ2) is 7.90. The first-order valence-corrected chi connectivity index (χ1v) is 9.37. The Kier molecular flexibility index (Phi) is 5.58. The number of nitrogens with zero attached hydrogens (tertiary/aromatic N) is 4. The summed E-state index contributed by atoms with van der Waals surface area (Å²) in [5, 5.41) is 3.76. The number of carbonyl (C=O) groups excluding carboxylic acids is 2. The highest BCUT2D eigenvalue weighted by Gasteiger charge is 2.37. The van der Waals surface area contributed by atoms with Crippen molar-refractivity contribution in [1.82, 2.24) is 15.0 Å². The van der Waals surface area contributed by atoms with E-state index < -0.39 is 0 Å². The fraction of sp³-hybridized carbons (Fsp3) is 0.500. The van der Waals surface area contributed by atoms with Crippen molar-refractivity contribution in [3.8, 4) is 0 Å². The largest absolute Gasteiger partial charge is 0.337 e. The van der Waals surface area contributed by atoms with E-state index in [0.717, 1.165) is 5.69 Å².